The van der Waals surface area contributed by atoms with E-state index < -0.39 is 30.8 Å². The number of hydrogen-bond donors (Lipinski definition) is 3. The van der Waals surface area contributed by atoms with Gasteiger partial charge in [0, 0.05) is 18.5 Å². The van der Waals surface area contributed by atoms with E-state index in [1.54, 1.807) is 24.3 Å². The number of rotatable bonds is 10. The molecule has 5 N–H and O–H groups in total. The minimum Gasteiger partial charge on any atom is -0.494 e. The summed E-state index contributed by atoms with van der Waals surface area (Å²) in [7, 11) is 0. The van der Waals surface area contributed by atoms with Crippen LogP contribution in [0.2, 0.25) is 0 Å². The molecule has 0 bridgehead atoms. The van der Waals surface area contributed by atoms with Gasteiger partial charge in [-0.25, -0.2) is 0 Å². The topological polar surface area (TPSA) is 145 Å². The molecule has 0 aliphatic heterocycles. The van der Waals surface area contributed by atoms with Crippen molar-refractivity contribution in [2.75, 3.05) is 25.0 Å². The molecule has 0 saturated heterocycles. The van der Waals surface area contributed by atoms with Crippen molar-refractivity contribution < 1.29 is 23.9 Å². The number of benzene rings is 1. The molecule has 0 fully saturated rings. The van der Waals surface area contributed by atoms with Crippen LogP contribution in [0.4, 0.5) is 5.69 Å². The summed E-state index contributed by atoms with van der Waals surface area (Å²) in [6.45, 7) is 1.55. The SMILES string of the molecule is CCOc1ccc(NC(=O)CCC(=O)N(CC(N)=O)CC(N)=O)cc1. The first-order valence-electron chi connectivity index (χ1n) is 7.69. The van der Waals surface area contributed by atoms with Gasteiger partial charge in [0.1, 0.15) is 5.75 Å². The van der Waals surface area contributed by atoms with Gasteiger partial charge >= 0.3 is 0 Å². The number of ether oxygens (including phenoxy) is 1. The molecule has 0 heterocycles. The first-order valence-corrected chi connectivity index (χ1v) is 7.69. The second kappa shape index (κ2) is 9.91. The summed E-state index contributed by atoms with van der Waals surface area (Å²) in [6.07, 6.45) is -0.288. The molecule has 0 aromatic heterocycles. The van der Waals surface area contributed by atoms with Gasteiger partial charge in [0.05, 0.1) is 19.7 Å². The van der Waals surface area contributed by atoms with Crippen LogP contribution >= 0.6 is 0 Å². The summed E-state index contributed by atoms with van der Waals surface area (Å²) >= 11 is 0. The maximum Gasteiger partial charge on any atom is 0.237 e. The lowest BCUT2D eigenvalue weighted by atomic mass is 10.2. The quantitative estimate of drug-likeness (QED) is 0.526. The fraction of sp³-hybridized carbons (Fsp3) is 0.375. The molecule has 9 heteroatoms. The molecule has 0 aliphatic carbocycles. The summed E-state index contributed by atoms with van der Waals surface area (Å²) in [5, 5.41) is 2.64. The van der Waals surface area contributed by atoms with Crippen LogP contribution < -0.4 is 21.5 Å². The van der Waals surface area contributed by atoms with Gasteiger partial charge in [0.25, 0.3) is 0 Å². The maximum absolute atomic E-state index is 12.0. The Balaban J connectivity index is 2.51. The van der Waals surface area contributed by atoms with Crippen LogP contribution in [0.25, 0.3) is 0 Å². The molecule has 9 nitrogen and oxygen atoms in total. The normalized spacial score (nSPS) is 9.96. The molecule has 25 heavy (non-hydrogen) atoms. The molecular weight excluding hydrogens is 328 g/mol. The third-order valence-corrected chi connectivity index (χ3v) is 3.06. The van der Waals surface area contributed by atoms with E-state index in [-0.39, 0.29) is 18.7 Å². The minimum absolute atomic E-state index is 0.111. The second-order valence-electron chi connectivity index (χ2n) is 5.19. The molecule has 0 radical (unpaired) electrons. The Morgan fingerprint density at radius 3 is 2.04 bits per heavy atom. The summed E-state index contributed by atoms with van der Waals surface area (Å²) in [6, 6.07) is 6.78. The number of carbonyl (C=O) groups is 4. The predicted octanol–water partition coefficient (Wildman–Crippen LogP) is -0.397. The first kappa shape index (κ1) is 19.9. The number of anilines is 1. The fourth-order valence-electron chi connectivity index (χ4n) is 2.01. The molecule has 1 rings (SSSR count). The van der Waals surface area contributed by atoms with Gasteiger partial charge in [0.2, 0.25) is 23.6 Å². The number of nitrogens with one attached hydrogen (secondary N) is 1. The summed E-state index contributed by atoms with van der Waals surface area (Å²) in [4.78, 5) is 46.7. The maximum atomic E-state index is 12.0. The van der Waals surface area contributed by atoms with Gasteiger partial charge in [-0.05, 0) is 31.2 Å². The van der Waals surface area contributed by atoms with Crippen molar-refractivity contribution in [1.29, 1.82) is 0 Å². The Morgan fingerprint density at radius 1 is 1.00 bits per heavy atom. The lowest BCUT2D eigenvalue weighted by Crippen LogP contribution is -2.43. The van der Waals surface area contributed by atoms with Crippen LogP contribution in [-0.4, -0.2) is 48.2 Å². The average Bonchev–Trinajstić information content (AvgIpc) is 2.53. The monoisotopic (exact) mass is 350 g/mol. The highest BCUT2D eigenvalue weighted by Gasteiger charge is 2.18. The minimum atomic E-state index is -0.770. The smallest absolute Gasteiger partial charge is 0.237 e. The van der Waals surface area contributed by atoms with Crippen LogP contribution in [-0.2, 0) is 19.2 Å². The van der Waals surface area contributed by atoms with E-state index in [0.717, 1.165) is 4.90 Å². The number of amides is 4. The molecule has 0 aliphatic rings. The summed E-state index contributed by atoms with van der Waals surface area (Å²) in [5.74, 6) is -1.79. The van der Waals surface area contributed by atoms with Crippen molar-refractivity contribution in [2.45, 2.75) is 19.8 Å². The molecule has 136 valence electrons. The molecule has 1 aromatic carbocycles. The van der Waals surface area contributed by atoms with Crippen molar-refractivity contribution >= 4 is 29.3 Å². The van der Waals surface area contributed by atoms with E-state index in [9.17, 15) is 19.2 Å². The fourth-order valence-corrected chi connectivity index (χ4v) is 2.01. The third kappa shape index (κ3) is 7.82. The highest BCUT2D eigenvalue weighted by molar-refractivity contribution is 5.94. The predicted molar refractivity (Wildman–Crippen MR) is 90.4 cm³/mol. The van der Waals surface area contributed by atoms with Crippen molar-refractivity contribution in [3.8, 4) is 5.75 Å². The molecular formula is C16H22N4O5. The zero-order valence-corrected chi connectivity index (χ0v) is 14.0. The first-order chi connectivity index (χ1) is 11.8. The Bertz CT molecular complexity index is 614. The van der Waals surface area contributed by atoms with Crippen molar-refractivity contribution in [2.24, 2.45) is 11.5 Å². The number of hydrogen-bond acceptors (Lipinski definition) is 5. The molecule has 0 spiro atoms. The molecule has 0 saturated carbocycles. The van der Waals surface area contributed by atoms with Gasteiger partial charge in [-0.2, -0.15) is 0 Å². The Hall–Kier alpha value is -3.10. The van der Waals surface area contributed by atoms with E-state index in [2.05, 4.69) is 5.32 Å². The van der Waals surface area contributed by atoms with Crippen molar-refractivity contribution in [3.05, 3.63) is 24.3 Å². The number of carbonyl (C=O) groups excluding carboxylic acids is 4. The largest absolute Gasteiger partial charge is 0.494 e. The van der Waals surface area contributed by atoms with E-state index >= 15 is 0 Å². The highest BCUT2D eigenvalue weighted by Crippen LogP contribution is 2.16. The van der Waals surface area contributed by atoms with Crippen LogP contribution in [0.1, 0.15) is 19.8 Å². The van der Waals surface area contributed by atoms with Crippen molar-refractivity contribution in [1.82, 2.24) is 4.90 Å². The number of nitrogens with two attached hydrogens (primary N) is 2. The summed E-state index contributed by atoms with van der Waals surface area (Å²) < 4.78 is 5.30. The van der Waals surface area contributed by atoms with E-state index in [1.165, 1.54) is 0 Å². The Morgan fingerprint density at radius 2 is 1.56 bits per heavy atom. The van der Waals surface area contributed by atoms with Crippen molar-refractivity contribution in [3.63, 3.8) is 0 Å². The lowest BCUT2D eigenvalue weighted by molar-refractivity contribution is -0.138. The molecule has 0 unspecified atom stereocenters. The van der Waals surface area contributed by atoms with Gasteiger partial charge < -0.3 is 26.4 Å². The molecule has 1 aromatic rings. The van der Waals surface area contributed by atoms with E-state index in [1.807, 2.05) is 6.92 Å². The Labute approximate surface area is 145 Å². The van der Waals surface area contributed by atoms with Crippen LogP contribution in [0, 0.1) is 0 Å². The van der Waals surface area contributed by atoms with Crippen LogP contribution in [0.3, 0.4) is 0 Å². The van der Waals surface area contributed by atoms with Gasteiger partial charge in [0.15, 0.2) is 0 Å². The zero-order chi connectivity index (χ0) is 18.8. The Kier molecular flexibility index (Phi) is 7.91. The standard InChI is InChI=1S/C16H22N4O5/c1-2-25-12-5-3-11(4-6-12)19-15(23)7-8-16(24)20(9-13(17)21)10-14(18)22/h3-6H,2,7-10H2,1H3,(H2,17,21)(H2,18,22)(H,19,23). The zero-order valence-electron chi connectivity index (χ0n) is 14.0. The summed E-state index contributed by atoms with van der Waals surface area (Å²) in [5.41, 5.74) is 10.6. The number of primary amides is 2. The highest BCUT2D eigenvalue weighted by atomic mass is 16.5. The van der Waals surface area contributed by atoms with E-state index in [4.69, 9.17) is 16.2 Å². The third-order valence-electron chi connectivity index (χ3n) is 3.06. The van der Waals surface area contributed by atoms with Gasteiger partial charge in [-0.1, -0.05) is 0 Å². The average molecular weight is 350 g/mol. The second-order valence-corrected chi connectivity index (χ2v) is 5.19. The van der Waals surface area contributed by atoms with Crippen LogP contribution in [0.15, 0.2) is 24.3 Å². The number of nitrogens with zero attached hydrogens (tertiary/aromatic N) is 1. The van der Waals surface area contributed by atoms with Gasteiger partial charge in [-0.3, -0.25) is 19.2 Å². The lowest BCUT2D eigenvalue weighted by Gasteiger charge is -2.19. The van der Waals surface area contributed by atoms with Crippen LogP contribution in [0.5, 0.6) is 5.75 Å². The molecule has 0 atom stereocenters. The van der Waals surface area contributed by atoms with Gasteiger partial charge in [-0.15, -0.1) is 0 Å². The van der Waals surface area contributed by atoms with E-state index in [0.29, 0.717) is 18.0 Å². The molecule has 4 amide bonds.